The van der Waals surface area contributed by atoms with Gasteiger partial charge < -0.3 is 9.84 Å². The first-order valence-electron chi connectivity index (χ1n) is 6.17. The maximum Gasteiger partial charge on any atom is 0.332 e. The van der Waals surface area contributed by atoms with Crippen molar-refractivity contribution >= 4 is 17.7 Å². The lowest BCUT2D eigenvalue weighted by atomic mass is 10.1. The predicted octanol–water partition coefficient (Wildman–Crippen LogP) is 2.86. The summed E-state index contributed by atoms with van der Waals surface area (Å²) >= 11 is 1.81. The fourth-order valence-electron chi connectivity index (χ4n) is 2.08. The highest BCUT2D eigenvalue weighted by Gasteiger charge is 2.30. The van der Waals surface area contributed by atoms with E-state index in [2.05, 4.69) is 25.1 Å². The second-order valence-electron chi connectivity index (χ2n) is 4.60. The molecule has 1 N–H and O–H groups in total. The van der Waals surface area contributed by atoms with E-state index in [0.29, 0.717) is 6.42 Å². The number of aryl methyl sites for hydroxylation is 1. The molecule has 98 valence electrons. The van der Waals surface area contributed by atoms with Gasteiger partial charge in [-0.1, -0.05) is 24.3 Å². The summed E-state index contributed by atoms with van der Waals surface area (Å²) in [6, 6.07) is 8.34. The van der Waals surface area contributed by atoms with Crippen molar-refractivity contribution < 1.29 is 14.6 Å². The third-order valence-electron chi connectivity index (χ3n) is 3.21. The number of hydrogen-bond donors (Lipinski definition) is 1. The van der Waals surface area contributed by atoms with Crippen LogP contribution in [0.1, 0.15) is 24.0 Å². The molecule has 1 aromatic rings. The molecular weight excluding hydrogens is 248 g/mol. The van der Waals surface area contributed by atoms with Crippen molar-refractivity contribution in [1.29, 1.82) is 0 Å². The van der Waals surface area contributed by atoms with Crippen LogP contribution >= 0.6 is 11.8 Å². The Balaban J connectivity index is 1.74. The second kappa shape index (κ2) is 6.25. The van der Waals surface area contributed by atoms with Crippen LogP contribution in [0.25, 0.3) is 0 Å². The molecule has 4 heteroatoms. The topological polar surface area (TPSA) is 46.5 Å². The zero-order valence-corrected chi connectivity index (χ0v) is 11.3. The molecule has 3 nitrogen and oxygen atoms in total. The summed E-state index contributed by atoms with van der Waals surface area (Å²) in [6.07, 6.45) is 1.01. The number of rotatable bonds is 5. The number of carboxylic acid groups (broad SMARTS) is 1. The number of hydrogen-bond acceptors (Lipinski definition) is 3. The van der Waals surface area contributed by atoms with E-state index in [1.807, 2.05) is 17.8 Å². The Hall–Kier alpha value is -1.00. The average Bonchev–Trinajstić information content (AvgIpc) is 2.80. The SMILES string of the molecule is Cc1ccccc1CSCC1CCC(C(=O)O)O1. The van der Waals surface area contributed by atoms with Gasteiger partial charge in [0.2, 0.25) is 0 Å². The van der Waals surface area contributed by atoms with Crippen molar-refractivity contribution in [1.82, 2.24) is 0 Å². The number of ether oxygens (including phenoxy) is 1. The van der Waals surface area contributed by atoms with Crippen LogP contribution in [0.5, 0.6) is 0 Å². The molecule has 1 aliphatic rings. The molecule has 2 atom stereocenters. The van der Waals surface area contributed by atoms with Gasteiger partial charge in [0.15, 0.2) is 6.10 Å². The van der Waals surface area contributed by atoms with Crippen LogP contribution in [-0.2, 0) is 15.3 Å². The molecule has 0 spiro atoms. The Morgan fingerprint density at radius 3 is 2.89 bits per heavy atom. The Labute approximate surface area is 112 Å². The molecule has 0 radical (unpaired) electrons. The molecule has 18 heavy (non-hydrogen) atoms. The number of carbonyl (C=O) groups is 1. The largest absolute Gasteiger partial charge is 0.479 e. The molecule has 1 fully saturated rings. The Kier molecular flexibility index (Phi) is 4.66. The van der Waals surface area contributed by atoms with Crippen LogP contribution < -0.4 is 0 Å². The first kappa shape index (κ1) is 13.4. The predicted molar refractivity (Wildman–Crippen MR) is 72.9 cm³/mol. The smallest absolute Gasteiger partial charge is 0.332 e. The van der Waals surface area contributed by atoms with Gasteiger partial charge in [-0.15, -0.1) is 0 Å². The van der Waals surface area contributed by atoms with Gasteiger partial charge in [-0.05, 0) is 30.9 Å². The fourth-order valence-corrected chi connectivity index (χ4v) is 3.25. The normalized spacial score (nSPS) is 23.2. The maximum atomic E-state index is 10.8. The van der Waals surface area contributed by atoms with Crippen LogP contribution in [0.2, 0.25) is 0 Å². The Bertz CT molecular complexity index is 419. The molecule has 2 rings (SSSR count). The lowest BCUT2D eigenvalue weighted by Crippen LogP contribution is -2.21. The number of benzene rings is 1. The Morgan fingerprint density at radius 1 is 1.44 bits per heavy atom. The first-order chi connectivity index (χ1) is 8.66. The van der Waals surface area contributed by atoms with Gasteiger partial charge in [0, 0.05) is 11.5 Å². The van der Waals surface area contributed by atoms with Crippen molar-refractivity contribution in [3.8, 4) is 0 Å². The zero-order chi connectivity index (χ0) is 13.0. The van der Waals surface area contributed by atoms with Crippen LogP contribution in [0.3, 0.4) is 0 Å². The van der Waals surface area contributed by atoms with E-state index < -0.39 is 12.1 Å². The number of thioether (sulfide) groups is 1. The maximum absolute atomic E-state index is 10.8. The van der Waals surface area contributed by atoms with E-state index in [0.717, 1.165) is 17.9 Å². The summed E-state index contributed by atoms with van der Waals surface area (Å²) in [4.78, 5) is 10.8. The lowest BCUT2D eigenvalue weighted by molar-refractivity contribution is -0.148. The van der Waals surface area contributed by atoms with Crippen molar-refractivity contribution in [3.63, 3.8) is 0 Å². The summed E-state index contributed by atoms with van der Waals surface area (Å²) in [5, 5.41) is 8.84. The number of carboxylic acids is 1. The minimum atomic E-state index is -0.832. The highest BCUT2D eigenvalue weighted by atomic mass is 32.2. The van der Waals surface area contributed by atoms with Crippen LogP contribution in [0.15, 0.2) is 24.3 Å². The molecule has 0 aromatic heterocycles. The quantitative estimate of drug-likeness (QED) is 0.890. The van der Waals surface area contributed by atoms with Gasteiger partial charge in [0.1, 0.15) is 0 Å². The second-order valence-corrected chi connectivity index (χ2v) is 5.63. The van der Waals surface area contributed by atoms with Crippen molar-refractivity contribution in [2.24, 2.45) is 0 Å². The van der Waals surface area contributed by atoms with Gasteiger partial charge in [-0.2, -0.15) is 11.8 Å². The van der Waals surface area contributed by atoms with Gasteiger partial charge in [0.05, 0.1) is 6.10 Å². The standard InChI is InChI=1S/C14H18O3S/c1-10-4-2-3-5-11(10)8-18-9-12-6-7-13(17-12)14(15)16/h2-5,12-13H,6-9H2,1H3,(H,15,16). The summed E-state index contributed by atoms with van der Waals surface area (Å²) in [5.41, 5.74) is 2.65. The molecule has 1 aliphatic heterocycles. The van der Waals surface area contributed by atoms with Gasteiger partial charge in [-0.3, -0.25) is 0 Å². The molecule has 2 unspecified atom stereocenters. The Morgan fingerprint density at radius 2 is 2.22 bits per heavy atom. The molecule has 0 aliphatic carbocycles. The van der Waals surface area contributed by atoms with Crippen molar-refractivity contribution in [3.05, 3.63) is 35.4 Å². The molecule has 1 heterocycles. The average molecular weight is 266 g/mol. The summed E-state index contributed by atoms with van der Waals surface area (Å²) in [7, 11) is 0. The molecular formula is C14H18O3S. The first-order valence-corrected chi connectivity index (χ1v) is 7.33. The summed E-state index contributed by atoms with van der Waals surface area (Å²) < 4.78 is 5.47. The van der Waals surface area contributed by atoms with E-state index in [1.165, 1.54) is 11.1 Å². The molecule has 0 amide bonds. The molecule has 1 aromatic carbocycles. The highest BCUT2D eigenvalue weighted by molar-refractivity contribution is 7.98. The monoisotopic (exact) mass is 266 g/mol. The minimum Gasteiger partial charge on any atom is -0.479 e. The van der Waals surface area contributed by atoms with Crippen LogP contribution in [-0.4, -0.2) is 29.0 Å². The third-order valence-corrected chi connectivity index (χ3v) is 4.33. The van der Waals surface area contributed by atoms with E-state index >= 15 is 0 Å². The summed E-state index contributed by atoms with van der Waals surface area (Å²) in [5.74, 6) is 1.00. The zero-order valence-electron chi connectivity index (χ0n) is 10.5. The highest BCUT2D eigenvalue weighted by Crippen LogP contribution is 2.25. The molecule has 0 saturated carbocycles. The molecule has 0 bridgehead atoms. The van der Waals surface area contributed by atoms with E-state index in [-0.39, 0.29) is 6.10 Å². The molecule has 1 saturated heterocycles. The van der Waals surface area contributed by atoms with E-state index in [9.17, 15) is 4.79 Å². The number of aliphatic carboxylic acids is 1. The van der Waals surface area contributed by atoms with E-state index in [4.69, 9.17) is 9.84 Å². The summed E-state index contributed by atoms with van der Waals surface area (Å²) in [6.45, 7) is 2.11. The van der Waals surface area contributed by atoms with Crippen LogP contribution in [0.4, 0.5) is 0 Å². The lowest BCUT2D eigenvalue weighted by Gasteiger charge is -2.11. The van der Waals surface area contributed by atoms with Crippen LogP contribution in [0, 0.1) is 6.92 Å². The minimum absolute atomic E-state index is 0.0973. The third kappa shape index (κ3) is 3.50. The van der Waals surface area contributed by atoms with Gasteiger partial charge >= 0.3 is 5.97 Å². The van der Waals surface area contributed by atoms with E-state index in [1.54, 1.807) is 0 Å². The van der Waals surface area contributed by atoms with Gasteiger partial charge in [-0.25, -0.2) is 4.79 Å². The van der Waals surface area contributed by atoms with Crippen molar-refractivity contribution in [2.75, 3.05) is 5.75 Å². The fraction of sp³-hybridized carbons (Fsp3) is 0.500. The van der Waals surface area contributed by atoms with Crippen molar-refractivity contribution in [2.45, 2.75) is 37.7 Å². The van der Waals surface area contributed by atoms with Gasteiger partial charge in [0.25, 0.3) is 0 Å².